The lowest BCUT2D eigenvalue weighted by atomic mass is 9.93. The van der Waals surface area contributed by atoms with Gasteiger partial charge in [-0.1, -0.05) is 73.7 Å². The molecule has 2 amide bonds. The second kappa shape index (κ2) is 12.1. The lowest BCUT2D eigenvalue weighted by Gasteiger charge is -2.27. The minimum Gasteiger partial charge on any atom is -0.481 e. The van der Waals surface area contributed by atoms with Gasteiger partial charge in [0.15, 0.2) is 0 Å². The van der Waals surface area contributed by atoms with Gasteiger partial charge in [-0.25, -0.2) is 0 Å². The number of anilines is 1. The van der Waals surface area contributed by atoms with Crippen LogP contribution in [0.3, 0.4) is 0 Å². The van der Waals surface area contributed by atoms with Crippen LogP contribution in [0.4, 0.5) is 5.88 Å². The topological polar surface area (TPSA) is 91.1 Å². The standard InChI is InChI=1S/C31H30N2O5/c1-22(23-11-4-3-5-12-23)21-33(19-18-29(34)35)31(37)27-16-9-7-14-25(27)24-13-6-8-15-26(24)30(36)32(2)28-17-10-20-38-28/h3-17,20,22H,18-19,21H2,1-2H3,(H,34,35). The number of nitrogens with zero attached hydrogens (tertiary/aromatic N) is 2. The highest BCUT2D eigenvalue weighted by Crippen LogP contribution is 2.30. The van der Waals surface area contributed by atoms with Crippen molar-refractivity contribution in [2.75, 3.05) is 25.0 Å². The predicted molar refractivity (Wildman–Crippen MR) is 146 cm³/mol. The molecule has 0 radical (unpaired) electrons. The zero-order valence-corrected chi connectivity index (χ0v) is 21.4. The van der Waals surface area contributed by atoms with Crippen LogP contribution in [-0.4, -0.2) is 47.9 Å². The molecule has 1 aromatic heterocycles. The molecular formula is C31H30N2O5. The Bertz CT molecular complexity index is 1400. The van der Waals surface area contributed by atoms with E-state index in [1.54, 1.807) is 48.3 Å². The number of hydrogen-bond donors (Lipinski definition) is 1. The maximum absolute atomic E-state index is 13.9. The van der Waals surface area contributed by atoms with Gasteiger partial charge in [-0.15, -0.1) is 0 Å². The number of furan rings is 1. The molecule has 194 valence electrons. The van der Waals surface area contributed by atoms with E-state index in [2.05, 4.69) is 0 Å². The molecule has 0 saturated carbocycles. The van der Waals surface area contributed by atoms with Crippen LogP contribution in [0.1, 0.15) is 45.5 Å². The first-order chi connectivity index (χ1) is 18.4. The van der Waals surface area contributed by atoms with Gasteiger partial charge in [0.1, 0.15) is 0 Å². The molecule has 7 heteroatoms. The van der Waals surface area contributed by atoms with Crippen LogP contribution < -0.4 is 4.90 Å². The minimum absolute atomic E-state index is 0.00285. The summed E-state index contributed by atoms with van der Waals surface area (Å²) in [5.74, 6) is -1.13. The Morgan fingerprint density at radius 2 is 1.37 bits per heavy atom. The molecular weight excluding hydrogens is 480 g/mol. The summed E-state index contributed by atoms with van der Waals surface area (Å²) in [5.41, 5.74) is 3.09. The molecule has 0 aliphatic rings. The third kappa shape index (κ3) is 6.00. The summed E-state index contributed by atoms with van der Waals surface area (Å²) < 4.78 is 5.39. The number of carboxylic acid groups (broad SMARTS) is 1. The Kier molecular flexibility index (Phi) is 8.38. The van der Waals surface area contributed by atoms with Crippen molar-refractivity contribution in [2.45, 2.75) is 19.3 Å². The lowest BCUT2D eigenvalue weighted by Crippen LogP contribution is -2.36. The summed E-state index contributed by atoms with van der Waals surface area (Å²) in [5, 5.41) is 9.34. The Labute approximate surface area is 221 Å². The Morgan fingerprint density at radius 3 is 1.95 bits per heavy atom. The van der Waals surface area contributed by atoms with E-state index < -0.39 is 5.97 Å². The molecule has 0 fully saturated rings. The van der Waals surface area contributed by atoms with Crippen LogP contribution in [0.5, 0.6) is 0 Å². The number of carboxylic acids is 1. The first kappa shape index (κ1) is 26.4. The van der Waals surface area contributed by atoms with Gasteiger partial charge in [0.2, 0.25) is 5.88 Å². The number of benzene rings is 3. The van der Waals surface area contributed by atoms with Crippen molar-refractivity contribution in [2.24, 2.45) is 0 Å². The summed E-state index contributed by atoms with van der Waals surface area (Å²) in [6, 6.07) is 27.5. The highest BCUT2D eigenvalue weighted by atomic mass is 16.4. The van der Waals surface area contributed by atoms with Crippen LogP contribution in [0.25, 0.3) is 11.1 Å². The molecule has 0 bridgehead atoms. The number of carbonyl (C=O) groups excluding carboxylic acids is 2. The van der Waals surface area contributed by atoms with Gasteiger partial charge in [-0.05, 0) is 40.8 Å². The normalized spacial score (nSPS) is 11.5. The van der Waals surface area contributed by atoms with Gasteiger partial charge in [-0.3, -0.25) is 19.3 Å². The molecule has 3 aromatic carbocycles. The van der Waals surface area contributed by atoms with Crippen molar-refractivity contribution in [1.82, 2.24) is 4.90 Å². The van der Waals surface area contributed by atoms with Crippen molar-refractivity contribution in [3.63, 3.8) is 0 Å². The molecule has 4 aromatic rings. The van der Waals surface area contributed by atoms with E-state index in [1.807, 2.05) is 61.5 Å². The summed E-state index contributed by atoms with van der Waals surface area (Å²) in [4.78, 5) is 41.8. The highest BCUT2D eigenvalue weighted by Gasteiger charge is 2.25. The van der Waals surface area contributed by atoms with E-state index in [0.29, 0.717) is 34.7 Å². The molecule has 0 saturated heterocycles. The van der Waals surface area contributed by atoms with Gasteiger partial charge >= 0.3 is 5.97 Å². The maximum atomic E-state index is 13.9. The molecule has 0 spiro atoms. The van der Waals surface area contributed by atoms with E-state index in [0.717, 1.165) is 5.56 Å². The molecule has 7 nitrogen and oxygen atoms in total. The summed E-state index contributed by atoms with van der Waals surface area (Å²) in [6.07, 6.45) is 1.33. The fourth-order valence-corrected chi connectivity index (χ4v) is 4.44. The zero-order chi connectivity index (χ0) is 27.1. The molecule has 1 unspecified atom stereocenters. The number of carbonyl (C=O) groups is 3. The van der Waals surface area contributed by atoms with E-state index in [1.165, 1.54) is 11.2 Å². The zero-order valence-electron chi connectivity index (χ0n) is 21.4. The number of aliphatic carboxylic acids is 1. The van der Waals surface area contributed by atoms with Crippen LogP contribution in [0.15, 0.2) is 102 Å². The fraction of sp³-hybridized carbons (Fsp3) is 0.194. The van der Waals surface area contributed by atoms with Crippen LogP contribution in [0.2, 0.25) is 0 Å². The van der Waals surface area contributed by atoms with Gasteiger partial charge in [-0.2, -0.15) is 0 Å². The van der Waals surface area contributed by atoms with Crippen LogP contribution in [-0.2, 0) is 4.79 Å². The fourth-order valence-electron chi connectivity index (χ4n) is 4.44. The summed E-state index contributed by atoms with van der Waals surface area (Å²) in [7, 11) is 1.63. The molecule has 0 aliphatic heterocycles. The average Bonchev–Trinajstić information content (AvgIpc) is 3.49. The smallest absolute Gasteiger partial charge is 0.305 e. The average molecular weight is 511 g/mol. The predicted octanol–water partition coefficient (Wildman–Crippen LogP) is 5.94. The van der Waals surface area contributed by atoms with Crippen molar-refractivity contribution in [3.8, 4) is 11.1 Å². The highest BCUT2D eigenvalue weighted by molar-refractivity contribution is 6.11. The van der Waals surface area contributed by atoms with Crippen molar-refractivity contribution < 1.29 is 23.9 Å². The minimum atomic E-state index is -0.972. The third-order valence-electron chi connectivity index (χ3n) is 6.49. The van der Waals surface area contributed by atoms with Crippen molar-refractivity contribution in [1.29, 1.82) is 0 Å². The van der Waals surface area contributed by atoms with Crippen LogP contribution >= 0.6 is 0 Å². The molecule has 38 heavy (non-hydrogen) atoms. The van der Waals surface area contributed by atoms with Crippen molar-refractivity contribution in [3.05, 3.63) is 114 Å². The molecule has 1 N–H and O–H groups in total. The van der Waals surface area contributed by atoms with Crippen LogP contribution in [0, 0.1) is 0 Å². The Balaban J connectivity index is 1.70. The van der Waals surface area contributed by atoms with E-state index in [9.17, 15) is 19.5 Å². The van der Waals surface area contributed by atoms with Gasteiger partial charge in [0.25, 0.3) is 11.8 Å². The maximum Gasteiger partial charge on any atom is 0.305 e. The third-order valence-corrected chi connectivity index (χ3v) is 6.49. The second-order valence-corrected chi connectivity index (χ2v) is 9.11. The van der Waals surface area contributed by atoms with Gasteiger partial charge < -0.3 is 14.4 Å². The summed E-state index contributed by atoms with van der Waals surface area (Å²) in [6.45, 7) is 2.44. The molecule has 1 atom stereocenters. The number of hydrogen-bond acceptors (Lipinski definition) is 4. The second-order valence-electron chi connectivity index (χ2n) is 9.11. The Morgan fingerprint density at radius 1 is 0.789 bits per heavy atom. The van der Waals surface area contributed by atoms with E-state index >= 15 is 0 Å². The summed E-state index contributed by atoms with van der Waals surface area (Å²) >= 11 is 0. The first-order valence-corrected chi connectivity index (χ1v) is 12.4. The SMILES string of the molecule is CC(CN(CCC(=O)O)C(=O)c1ccccc1-c1ccccc1C(=O)N(C)c1ccco1)c1ccccc1. The Hall–Kier alpha value is -4.65. The largest absolute Gasteiger partial charge is 0.481 e. The van der Waals surface area contributed by atoms with Gasteiger partial charge in [0, 0.05) is 37.3 Å². The first-order valence-electron chi connectivity index (χ1n) is 12.4. The van der Waals surface area contributed by atoms with E-state index in [-0.39, 0.29) is 30.7 Å². The van der Waals surface area contributed by atoms with E-state index in [4.69, 9.17) is 4.42 Å². The molecule has 1 heterocycles. The quantitative estimate of drug-likeness (QED) is 0.285. The molecule has 4 rings (SSSR count). The molecule has 0 aliphatic carbocycles. The van der Waals surface area contributed by atoms with Crippen molar-refractivity contribution >= 4 is 23.7 Å². The number of amides is 2. The van der Waals surface area contributed by atoms with Gasteiger partial charge in [0.05, 0.1) is 12.7 Å². The lowest BCUT2D eigenvalue weighted by molar-refractivity contribution is -0.137. The monoisotopic (exact) mass is 510 g/mol. The number of rotatable bonds is 10.